The quantitative estimate of drug-likeness (QED) is 0.346. The van der Waals surface area contributed by atoms with Crippen LogP contribution in [0.25, 0.3) is 0 Å². The van der Waals surface area contributed by atoms with Crippen molar-refractivity contribution in [2.24, 2.45) is 5.84 Å². The van der Waals surface area contributed by atoms with E-state index in [1.54, 1.807) is 12.3 Å². The van der Waals surface area contributed by atoms with Crippen LogP contribution in [0.2, 0.25) is 0 Å². The predicted molar refractivity (Wildman–Crippen MR) is 48.8 cm³/mol. The van der Waals surface area contributed by atoms with Crippen LogP contribution in [0, 0.1) is 6.92 Å². The molecule has 6 heteroatoms. The third kappa shape index (κ3) is 1.85. The first-order valence-electron chi connectivity index (χ1n) is 3.64. The summed E-state index contributed by atoms with van der Waals surface area (Å²) in [5.74, 6) is 4.25. The summed E-state index contributed by atoms with van der Waals surface area (Å²) >= 11 is 1.22. The lowest BCUT2D eigenvalue weighted by Crippen LogP contribution is -2.45. The number of hydrogen-bond acceptors (Lipinski definition) is 5. The maximum absolute atomic E-state index is 11.1. The Hall–Kier alpha value is -0.980. The Morgan fingerprint density at radius 1 is 1.85 bits per heavy atom. The molecule has 0 saturated heterocycles. The van der Waals surface area contributed by atoms with Crippen molar-refractivity contribution < 1.29 is 9.90 Å². The summed E-state index contributed by atoms with van der Waals surface area (Å²) in [6.07, 6.45) is 0. The number of nitrogens with one attached hydrogen (secondary N) is 1. The summed E-state index contributed by atoms with van der Waals surface area (Å²) in [6.45, 7) is 3.14. The van der Waals surface area contributed by atoms with Gasteiger partial charge >= 0.3 is 0 Å². The number of carbonyl (C=O) groups is 1. The third-order valence-corrected chi connectivity index (χ3v) is 2.78. The van der Waals surface area contributed by atoms with Gasteiger partial charge in [0.05, 0.1) is 0 Å². The van der Waals surface area contributed by atoms with Gasteiger partial charge in [-0.3, -0.25) is 10.2 Å². The number of hydrazine groups is 1. The molecular formula is C7H11N3O2S. The minimum atomic E-state index is -1.65. The number of aryl methyl sites for hydroxylation is 1. The number of nitrogens with two attached hydrogens (primary N) is 1. The molecule has 0 saturated carbocycles. The first-order chi connectivity index (χ1) is 5.98. The summed E-state index contributed by atoms with van der Waals surface area (Å²) in [5.41, 5.74) is 1.01. The van der Waals surface area contributed by atoms with E-state index in [1.165, 1.54) is 18.3 Å². The Morgan fingerprint density at radius 2 is 2.46 bits per heavy atom. The predicted octanol–water partition coefficient (Wildman–Crippen LogP) is -0.351. The Kier molecular flexibility index (Phi) is 2.65. The van der Waals surface area contributed by atoms with Crippen molar-refractivity contribution >= 4 is 17.2 Å². The molecule has 0 fully saturated rings. The molecule has 0 unspecified atom stereocenters. The lowest BCUT2D eigenvalue weighted by atomic mass is 10.1. The van der Waals surface area contributed by atoms with Gasteiger partial charge in [-0.25, -0.2) is 10.8 Å². The Labute approximate surface area is 79.6 Å². The maximum Gasteiger partial charge on any atom is 0.272 e. The van der Waals surface area contributed by atoms with Gasteiger partial charge in [-0.1, -0.05) is 0 Å². The molecule has 1 aromatic rings. The molecule has 72 valence electrons. The fourth-order valence-corrected chi connectivity index (χ4v) is 1.67. The number of nitrogens with zero attached hydrogens (tertiary/aromatic N) is 1. The van der Waals surface area contributed by atoms with Crippen LogP contribution in [0.4, 0.5) is 0 Å². The molecule has 0 radical (unpaired) electrons. The number of aromatic nitrogens is 1. The SMILES string of the molecule is Cc1csc([C@@](C)(O)C(=O)NN)n1. The second kappa shape index (κ2) is 3.41. The average molecular weight is 201 g/mol. The molecular weight excluding hydrogens is 190 g/mol. The number of thiazole rings is 1. The van der Waals surface area contributed by atoms with Gasteiger partial charge in [0, 0.05) is 11.1 Å². The van der Waals surface area contributed by atoms with E-state index in [4.69, 9.17) is 5.84 Å². The van der Waals surface area contributed by atoms with Gasteiger partial charge in [0.1, 0.15) is 5.01 Å². The van der Waals surface area contributed by atoms with E-state index < -0.39 is 11.5 Å². The largest absolute Gasteiger partial charge is 0.374 e. The zero-order valence-corrected chi connectivity index (χ0v) is 8.18. The van der Waals surface area contributed by atoms with Crippen molar-refractivity contribution in [1.82, 2.24) is 10.4 Å². The van der Waals surface area contributed by atoms with Gasteiger partial charge in [0.2, 0.25) is 0 Å². The molecule has 0 aliphatic carbocycles. The minimum Gasteiger partial charge on any atom is -0.374 e. The normalized spacial score (nSPS) is 15.1. The minimum absolute atomic E-state index is 0.341. The van der Waals surface area contributed by atoms with Crippen molar-refractivity contribution in [2.45, 2.75) is 19.4 Å². The molecule has 1 rings (SSSR count). The molecule has 0 aliphatic rings. The van der Waals surface area contributed by atoms with E-state index in [0.717, 1.165) is 5.69 Å². The lowest BCUT2D eigenvalue weighted by Gasteiger charge is -2.17. The molecule has 1 aromatic heterocycles. The molecule has 0 aromatic carbocycles. The average Bonchev–Trinajstić information content (AvgIpc) is 2.50. The number of carbonyl (C=O) groups excluding carboxylic acids is 1. The Bertz CT molecular complexity index is 321. The fourth-order valence-electron chi connectivity index (χ4n) is 0.815. The monoisotopic (exact) mass is 201 g/mol. The van der Waals surface area contributed by atoms with E-state index in [0.29, 0.717) is 5.01 Å². The van der Waals surface area contributed by atoms with Crippen LogP contribution in [0.15, 0.2) is 5.38 Å². The number of amides is 1. The van der Waals surface area contributed by atoms with E-state index in [1.807, 2.05) is 5.43 Å². The zero-order chi connectivity index (χ0) is 10.1. The fraction of sp³-hybridized carbons (Fsp3) is 0.429. The summed E-state index contributed by atoms with van der Waals surface area (Å²) in [6, 6.07) is 0. The molecule has 0 spiro atoms. The van der Waals surface area contributed by atoms with Crippen molar-refractivity contribution in [3.63, 3.8) is 0 Å². The van der Waals surface area contributed by atoms with Crippen LogP contribution in [0.5, 0.6) is 0 Å². The summed E-state index contributed by atoms with van der Waals surface area (Å²) in [4.78, 5) is 15.1. The van der Waals surface area contributed by atoms with Gasteiger partial charge in [0.15, 0.2) is 5.60 Å². The third-order valence-electron chi connectivity index (χ3n) is 1.61. The molecule has 0 bridgehead atoms. The zero-order valence-electron chi connectivity index (χ0n) is 7.37. The van der Waals surface area contributed by atoms with Gasteiger partial charge in [-0.2, -0.15) is 0 Å². The molecule has 5 nitrogen and oxygen atoms in total. The summed E-state index contributed by atoms with van der Waals surface area (Å²) in [5, 5.41) is 11.8. The molecule has 13 heavy (non-hydrogen) atoms. The standard InChI is InChI=1S/C7H11N3O2S/c1-4-3-13-6(9-4)7(2,12)5(11)10-8/h3,12H,8H2,1-2H3,(H,10,11)/t7-/m0/s1. The first-order valence-corrected chi connectivity index (χ1v) is 4.52. The lowest BCUT2D eigenvalue weighted by molar-refractivity contribution is -0.139. The highest BCUT2D eigenvalue weighted by Crippen LogP contribution is 2.23. The van der Waals surface area contributed by atoms with Gasteiger partial charge in [-0.05, 0) is 13.8 Å². The smallest absolute Gasteiger partial charge is 0.272 e. The van der Waals surface area contributed by atoms with Gasteiger partial charge < -0.3 is 5.11 Å². The summed E-state index contributed by atoms with van der Waals surface area (Å²) < 4.78 is 0. The molecule has 1 amide bonds. The van der Waals surface area contributed by atoms with Gasteiger partial charge in [0.25, 0.3) is 5.91 Å². The van der Waals surface area contributed by atoms with Crippen molar-refractivity contribution in [1.29, 1.82) is 0 Å². The Balaban J connectivity index is 2.99. The van der Waals surface area contributed by atoms with E-state index >= 15 is 0 Å². The number of rotatable bonds is 2. The van der Waals surface area contributed by atoms with E-state index in [2.05, 4.69) is 4.98 Å². The highest BCUT2D eigenvalue weighted by molar-refractivity contribution is 7.10. The van der Waals surface area contributed by atoms with Crippen molar-refractivity contribution in [3.05, 3.63) is 16.1 Å². The van der Waals surface area contributed by atoms with Crippen LogP contribution >= 0.6 is 11.3 Å². The summed E-state index contributed by atoms with van der Waals surface area (Å²) in [7, 11) is 0. The highest BCUT2D eigenvalue weighted by atomic mass is 32.1. The van der Waals surface area contributed by atoms with E-state index in [-0.39, 0.29) is 0 Å². The van der Waals surface area contributed by atoms with Crippen LogP contribution in [-0.2, 0) is 10.4 Å². The van der Waals surface area contributed by atoms with Crippen molar-refractivity contribution in [2.75, 3.05) is 0 Å². The number of aliphatic hydroxyl groups is 1. The highest BCUT2D eigenvalue weighted by Gasteiger charge is 2.34. The Morgan fingerprint density at radius 3 is 2.85 bits per heavy atom. The van der Waals surface area contributed by atoms with Crippen LogP contribution in [0.3, 0.4) is 0 Å². The van der Waals surface area contributed by atoms with Crippen LogP contribution in [-0.4, -0.2) is 16.0 Å². The molecule has 4 N–H and O–H groups in total. The topological polar surface area (TPSA) is 88.2 Å². The number of hydrogen-bond donors (Lipinski definition) is 3. The van der Waals surface area contributed by atoms with Crippen molar-refractivity contribution in [3.8, 4) is 0 Å². The first kappa shape index (κ1) is 10.1. The second-order valence-corrected chi connectivity index (χ2v) is 3.70. The van der Waals surface area contributed by atoms with E-state index in [9.17, 15) is 9.90 Å². The van der Waals surface area contributed by atoms with Crippen LogP contribution in [0.1, 0.15) is 17.6 Å². The van der Waals surface area contributed by atoms with Crippen LogP contribution < -0.4 is 11.3 Å². The molecule has 1 heterocycles. The molecule has 1 atom stereocenters. The van der Waals surface area contributed by atoms with Gasteiger partial charge in [-0.15, -0.1) is 11.3 Å². The second-order valence-electron chi connectivity index (χ2n) is 2.84. The maximum atomic E-state index is 11.1. The molecule has 0 aliphatic heterocycles.